The van der Waals surface area contributed by atoms with E-state index in [-0.39, 0.29) is 0 Å². The Kier molecular flexibility index (Phi) is 5.08. The number of benzene rings is 1. The van der Waals surface area contributed by atoms with Gasteiger partial charge in [0.15, 0.2) is 0 Å². The fourth-order valence-corrected chi connectivity index (χ4v) is 2.85. The zero-order valence-electron chi connectivity index (χ0n) is 11.4. The lowest BCUT2D eigenvalue weighted by atomic mass is 9.85. The number of nitrogens with one attached hydrogen (secondary N) is 1. The molecule has 1 aliphatic carbocycles. The molecule has 106 valence electrons. The molecule has 2 rings (SSSR count). The third-order valence-electron chi connectivity index (χ3n) is 3.69. The minimum Gasteiger partial charge on any atom is -0.489 e. The maximum absolute atomic E-state index is 10.5. The SMILES string of the molecule is CNCc1cccc(Cl)c1OCC1(O)CCCCC1. The maximum Gasteiger partial charge on any atom is 0.142 e. The molecule has 0 heterocycles. The van der Waals surface area contributed by atoms with Crippen molar-refractivity contribution in [2.45, 2.75) is 44.2 Å². The molecule has 0 unspecified atom stereocenters. The highest BCUT2D eigenvalue weighted by molar-refractivity contribution is 6.32. The van der Waals surface area contributed by atoms with Crippen LogP contribution in [0.2, 0.25) is 5.02 Å². The van der Waals surface area contributed by atoms with Crippen LogP contribution < -0.4 is 10.1 Å². The van der Waals surface area contributed by atoms with Crippen LogP contribution in [0.15, 0.2) is 18.2 Å². The number of halogens is 1. The lowest BCUT2D eigenvalue weighted by Gasteiger charge is -2.32. The third-order valence-corrected chi connectivity index (χ3v) is 3.98. The second-order valence-electron chi connectivity index (χ2n) is 5.33. The summed E-state index contributed by atoms with van der Waals surface area (Å²) in [6.07, 6.45) is 4.99. The van der Waals surface area contributed by atoms with Crippen LogP contribution in [-0.2, 0) is 6.54 Å². The fourth-order valence-electron chi connectivity index (χ4n) is 2.61. The molecule has 0 spiro atoms. The second-order valence-corrected chi connectivity index (χ2v) is 5.74. The Bertz CT molecular complexity index is 417. The highest BCUT2D eigenvalue weighted by Crippen LogP contribution is 2.32. The number of rotatable bonds is 5. The first-order chi connectivity index (χ1) is 9.14. The van der Waals surface area contributed by atoms with E-state index in [1.165, 1.54) is 6.42 Å². The van der Waals surface area contributed by atoms with Crippen LogP contribution in [0.5, 0.6) is 5.75 Å². The second kappa shape index (κ2) is 6.60. The molecule has 19 heavy (non-hydrogen) atoms. The van der Waals surface area contributed by atoms with Crippen LogP contribution in [0.3, 0.4) is 0 Å². The average Bonchev–Trinajstić information content (AvgIpc) is 2.39. The van der Waals surface area contributed by atoms with Gasteiger partial charge in [-0.15, -0.1) is 0 Å². The Balaban J connectivity index is 2.05. The van der Waals surface area contributed by atoms with Crippen LogP contribution in [0.1, 0.15) is 37.7 Å². The van der Waals surface area contributed by atoms with Crippen molar-refractivity contribution in [2.75, 3.05) is 13.7 Å². The van der Waals surface area contributed by atoms with Gasteiger partial charge in [-0.05, 0) is 26.0 Å². The van der Waals surface area contributed by atoms with E-state index < -0.39 is 5.60 Å². The van der Waals surface area contributed by atoms with Crippen molar-refractivity contribution in [3.05, 3.63) is 28.8 Å². The molecule has 4 heteroatoms. The summed E-state index contributed by atoms with van der Waals surface area (Å²) in [7, 11) is 1.89. The molecule has 0 radical (unpaired) electrons. The largest absolute Gasteiger partial charge is 0.489 e. The summed E-state index contributed by atoms with van der Waals surface area (Å²) >= 11 is 6.19. The van der Waals surface area contributed by atoms with E-state index in [2.05, 4.69) is 5.32 Å². The Morgan fingerprint density at radius 3 is 2.74 bits per heavy atom. The molecule has 1 aromatic carbocycles. The van der Waals surface area contributed by atoms with Gasteiger partial charge in [0.2, 0.25) is 0 Å². The molecular formula is C15H22ClNO2. The molecule has 1 fully saturated rings. The smallest absolute Gasteiger partial charge is 0.142 e. The number of para-hydroxylation sites is 1. The molecule has 1 aromatic rings. The normalized spacial score (nSPS) is 18.3. The molecule has 2 N–H and O–H groups in total. The Hall–Kier alpha value is -0.770. The molecular weight excluding hydrogens is 262 g/mol. The highest BCUT2D eigenvalue weighted by Gasteiger charge is 2.30. The summed E-state index contributed by atoms with van der Waals surface area (Å²) < 4.78 is 5.84. The van der Waals surface area contributed by atoms with Gasteiger partial charge in [-0.25, -0.2) is 0 Å². The van der Waals surface area contributed by atoms with Gasteiger partial charge in [0.25, 0.3) is 0 Å². The summed E-state index contributed by atoms with van der Waals surface area (Å²) in [5, 5.41) is 14.2. The quantitative estimate of drug-likeness (QED) is 0.872. The van der Waals surface area contributed by atoms with Crippen molar-refractivity contribution in [3.8, 4) is 5.75 Å². The zero-order valence-corrected chi connectivity index (χ0v) is 12.2. The van der Waals surface area contributed by atoms with Gasteiger partial charge in [0, 0.05) is 12.1 Å². The Labute approximate surface area is 119 Å². The van der Waals surface area contributed by atoms with Gasteiger partial charge in [0.1, 0.15) is 12.4 Å². The first-order valence-corrected chi connectivity index (χ1v) is 7.30. The van der Waals surface area contributed by atoms with Crippen molar-refractivity contribution in [1.82, 2.24) is 5.32 Å². The van der Waals surface area contributed by atoms with Crippen LogP contribution >= 0.6 is 11.6 Å². The summed E-state index contributed by atoms with van der Waals surface area (Å²) in [6, 6.07) is 5.72. The third kappa shape index (κ3) is 3.85. The summed E-state index contributed by atoms with van der Waals surface area (Å²) in [5.41, 5.74) is 0.336. The molecule has 0 aliphatic heterocycles. The highest BCUT2D eigenvalue weighted by atomic mass is 35.5. The molecule has 0 aromatic heterocycles. The van der Waals surface area contributed by atoms with Crippen molar-refractivity contribution in [3.63, 3.8) is 0 Å². The Morgan fingerprint density at radius 1 is 1.32 bits per heavy atom. The minimum atomic E-state index is -0.686. The average molecular weight is 284 g/mol. The predicted molar refractivity (Wildman–Crippen MR) is 77.7 cm³/mol. The van der Waals surface area contributed by atoms with Crippen molar-refractivity contribution >= 4 is 11.6 Å². The van der Waals surface area contributed by atoms with E-state index >= 15 is 0 Å². The fraction of sp³-hybridized carbons (Fsp3) is 0.600. The van der Waals surface area contributed by atoms with E-state index in [4.69, 9.17) is 16.3 Å². The van der Waals surface area contributed by atoms with E-state index in [9.17, 15) is 5.11 Å². The number of ether oxygens (including phenoxy) is 1. The minimum absolute atomic E-state index is 0.327. The first kappa shape index (κ1) is 14.6. The van der Waals surface area contributed by atoms with E-state index in [1.807, 2.05) is 25.2 Å². The van der Waals surface area contributed by atoms with E-state index in [0.717, 1.165) is 31.2 Å². The lowest BCUT2D eigenvalue weighted by Crippen LogP contribution is -2.38. The van der Waals surface area contributed by atoms with Gasteiger partial charge in [-0.1, -0.05) is 43.0 Å². The Morgan fingerprint density at radius 2 is 2.05 bits per heavy atom. The molecule has 0 saturated heterocycles. The van der Waals surface area contributed by atoms with Crippen LogP contribution in [0.4, 0.5) is 0 Å². The van der Waals surface area contributed by atoms with Crippen molar-refractivity contribution in [1.29, 1.82) is 0 Å². The number of hydrogen-bond acceptors (Lipinski definition) is 3. The van der Waals surface area contributed by atoms with Crippen molar-refractivity contribution < 1.29 is 9.84 Å². The van der Waals surface area contributed by atoms with Crippen LogP contribution in [0.25, 0.3) is 0 Å². The molecule has 1 aliphatic rings. The first-order valence-electron chi connectivity index (χ1n) is 6.92. The zero-order chi connectivity index (χ0) is 13.7. The van der Waals surface area contributed by atoms with Gasteiger partial charge >= 0.3 is 0 Å². The molecule has 1 saturated carbocycles. The predicted octanol–water partition coefficient (Wildman–Crippen LogP) is 3.13. The summed E-state index contributed by atoms with van der Waals surface area (Å²) in [4.78, 5) is 0. The number of aliphatic hydroxyl groups is 1. The molecule has 3 nitrogen and oxygen atoms in total. The maximum atomic E-state index is 10.5. The van der Waals surface area contributed by atoms with E-state index in [0.29, 0.717) is 23.9 Å². The molecule has 0 atom stereocenters. The van der Waals surface area contributed by atoms with Crippen molar-refractivity contribution in [2.24, 2.45) is 0 Å². The number of hydrogen-bond donors (Lipinski definition) is 2. The standard InChI is InChI=1S/C15H22ClNO2/c1-17-10-12-6-5-7-13(16)14(12)19-11-15(18)8-3-2-4-9-15/h5-7,17-18H,2-4,8-11H2,1H3. The van der Waals surface area contributed by atoms with Gasteiger partial charge in [0.05, 0.1) is 10.6 Å². The van der Waals surface area contributed by atoms with E-state index in [1.54, 1.807) is 0 Å². The summed E-state index contributed by atoms with van der Waals surface area (Å²) in [5.74, 6) is 0.692. The molecule has 0 amide bonds. The van der Waals surface area contributed by atoms with Crippen LogP contribution in [0, 0.1) is 0 Å². The van der Waals surface area contributed by atoms with Crippen LogP contribution in [-0.4, -0.2) is 24.4 Å². The lowest BCUT2D eigenvalue weighted by molar-refractivity contribution is -0.0340. The summed E-state index contributed by atoms with van der Waals surface area (Å²) in [6.45, 7) is 1.03. The monoisotopic (exact) mass is 283 g/mol. The van der Waals surface area contributed by atoms with Gasteiger partial charge in [-0.3, -0.25) is 0 Å². The van der Waals surface area contributed by atoms with Gasteiger partial charge < -0.3 is 15.2 Å². The molecule has 0 bridgehead atoms. The van der Waals surface area contributed by atoms with Gasteiger partial charge in [-0.2, -0.15) is 0 Å². The topological polar surface area (TPSA) is 41.5 Å².